The Morgan fingerprint density at radius 1 is 1.19 bits per heavy atom. The van der Waals surface area contributed by atoms with Gasteiger partial charge in [-0.2, -0.15) is 0 Å². The molecule has 2 heterocycles. The van der Waals surface area contributed by atoms with Crippen LogP contribution in [0.15, 0.2) is 48.5 Å². The average molecular weight is 368 g/mol. The molecule has 4 rings (SSSR count). The van der Waals surface area contributed by atoms with E-state index in [0.29, 0.717) is 38.0 Å². The van der Waals surface area contributed by atoms with Crippen LogP contribution in [0.25, 0.3) is 0 Å². The van der Waals surface area contributed by atoms with Crippen molar-refractivity contribution in [3.63, 3.8) is 0 Å². The number of hydrogen-bond donors (Lipinski definition) is 0. The molecular weight excluding hydrogens is 347 g/mol. The summed E-state index contributed by atoms with van der Waals surface area (Å²) in [6.07, 6.45) is 1.27. The second kappa shape index (κ2) is 7.39. The standard InChI is InChI=1S/C21H21FN2O3/c22-17-8-7-16-13-23(20(25)9-6-15-4-2-1-3-5-15)11-10-18-14-27-21(26)24(18)19(16)12-17/h1-5,7-8,12,18H,6,9-11,13-14H2. The maximum Gasteiger partial charge on any atom is 0.414 e. The smallest absolute Gasteiger partial charge is 0.414 e. The summed E-state index contributed by atoms with van der Waals surface area (Å²) in [6, 6.07) is 14.1. The third kappa shape index (κ3) is 3.65. The van der Waals surface area contributed by atoms with Crippen molar-refractivity contribution in [2.45, 2.75) is 31.8 Å². The second-order valence-electron chi connectivity index (χ2n) is 6.96. The molecule has 1 atom stereocenters. The molecule has 0 spiro atoms. The lowest BCUT2D eigenvalue weighted by Gasteiger charge is -2.32. The third-order valence-corrected chi connectivity index (χ3v) is 5.18. The summed E-state index contributed by atoms with van der Waals surface area (Å²) in [5.41, 5.74) is 2.39. The van der Waals surface area contributed by atoms with E-state index in [1.54, 1.807) is 11.0 Å². The van der Waals surface area contributed by atoms with Crippen molar-refractivity contribution in [3.8, 4) is 0 Å². The quantitative estimate of drug-likeness (QED) is 0.833. The number of rotatable bonds is 3. The molecule has 2 aromatic carbocycles. The van der Waals surface area contributed by atoms with Crippen molar-refractivity contribution in [1.82, 2.24) is 4.90 Å². The highest BCUT2D eigenvalue weighted by atomic mass is 19.1. The van der Waals surface area contributed by atoms with E-state index in [0.717, 1.165) is 11.1 Å². The fourth-order valence-corrected chi connectivity index (χ4v) is 3.72. The molecule has 2 aliphatic rings. The first-order valence-electron chi connectivity index (χ1n) is 9.18. The van der Waals surface area contributed by atoms with Gasteiger partial charge in [-0.25, -0.2) is 9.18 Å². The average Bonchev–Trinajstić information content (AvgIpc) is 3.03. The van der Waals surface area contributed by atoms with Gasteiger partial charge in [-0.15, -0.1) is 0 Å². The second-order valence-corrected chi connectivity index (χ2v) is 6.96. The van der Waals surface area contributed by atoms with E-state index in [9.17, 15) is 14.0 Å². The van der Waals surface area contributed by atoms with Gasteiger partial charge in [0.25, 0.3) is 0 Å². The number of aryl methyl sites for hydroxylation is 1. The summed E-state index contributed by atoms with van der Waals surface area (Å²) in [5, 5.41) is 0. The van der Waals surface area contributed by atoms with Crippen molar-refractivity contribution in [2.75, 3.05) is 18.1 Å². The minimum Gasteiger partial charge on any atom is -0.447 e. The first kappa shape index (κ1) is 17.5. The molecular formula is C21H21FN2O3. The lowest BCUT2D eigenvalue weighted by atomic mass is 10.0. The maximum absolute atomic E-state index is 13.8. The molecule has 0 bridgehead atoms. The van der Waals surface area contributed by atoms with Gasteiger partial charge in [-0.1, -0.05) is 36.4 Å². The van der Waals surface area contributed by atoms with Crippen molar-refractivity contribution >= 4 is 17.7 Å². The van der Waals surface area contributed by atoms with Gasteiger partial charge in [0.05, 0.1) is 11.7 Å². The monoisotopic (exact) mass is 368 g/mol. The molecule has 0 saturated carbocycles. The van der Waals surface area contributed by atoms with Gasteiger partial charge in [0.15, 0.2) is 0 Å². The van der Waals surface area contributed by atoms with Crippen LogP contribution in [-0.4, -0.2) is 36.1 Å². The third-order valence-electron chi connectivity index (χ3n) is 5.18. The number of anilines is 1. The Morgan fingerprint density at radius 2 is 2.00 bits per heavy atom. The number of ether oxygens (including phenoxy) is 1. The Morgan fingerprint density at radius 3 is 2.81 bits per heavy atom. The fourth-order valence-electron chi connectivity index (χ4n) is 3.72. The van der Waals surface area contributed by atoms with E-state index < -0.39 is 11.9 Å². The van der Waals surface area contributed by atoms with Gasteiger partial charge >= 0.3 is 6.09 Å². The number of benzene rings is 2. The SMILES string of the molecule is O=C(CCc1ccccc1)N1CCC2COC(=O)N2c2cc(F)ccc2C1. The summed E-state index contributed by atoms with van der Waals surface area (Å²) < 4.78 is 19.0. The van der Waals surface area contributed by atoms with Crippen molar-refractivity contribution in [2.24, 2.45) is 0 Å². The normalized spacial score (nSPS) is 19.0. The predicted octanol–water partition coefficient (Wildman–Crippen LogP) is 3.52. The molecule has 2 aliphatic heterocycles. The van der Waals surface area contributed by atoms with E-state index in [2.05, 4.69) is 0 Å². The molecule has 2 amide bonds. The molecule has 0 radical (unpaired) electrons. The van der Waals surface area contributed by atoms with E-state index >= 15 is 0 Å². The number of nitrogens with zero attached hydrogens (tertiary/aromatic N) is 2. The van der Waals surface area contributed by atoms with Crippen LogP contribution in [0.1, 0.15) is 24.0 Å². The minimum atomic E-state index is -0.448. The van der Waals surface area contributed by atoms with Gasteiger partial charge in [-0.3, -0.25) is 9.69 Å². The number of cyclic esters (lactones) is 1. The number of fused-ring (bicyclic) bond motifs is 3. The van der Waals surface area contributed by atoms with Crippen LogP contribution in [0.4, 0.5) is 14.9 Å². The highest BCUT2D eigenvalue weighted by Crippen LogP contribution is 2.32. The molecule has 5 nitrogen and oxygen atoms in total. The first-order chi connectivity index (χ1) is 13.1. The van der Waals surface area contributed by atoms with Gasteiger partial charge in [0, 0.05) is 19.5 Å². The van der Waals surface area contributed by atoms with Gasteiger partial charge < -0.3 is 9.64 Å². The van der Waals surface area contributed by atoms with Gasteiger partial charge in [-0.05, 0) is 36.1 Å². The summed E-state index contributed by atoms with van der Waals surface area (Å²) >= 11 is 0. The van der Waals surface area contributed by atoms with Crippen LogP contribution in [0.5, 0.6) is 0 Å². The lowest BCUT2D eigenvalue weighted by Crippen LogP contribution is -2.42. The number of halogens is 1. The summed E-state index contributed by atoms with van der Waals surface area (Å²) in [4.78, 5) is 28.3. The highest BCUT2D eigenvalue weighted by Gasteiger charge is 2.37. The van der Waals surface area contributed by atoms with E-state index in [-0.39, 0.29) is 18.6 Å². The van der Waals surface area contributed by atoms with Crippen LogP contribution in [0.2, 0.25) is 0 Å². The minimum absolute atomic E-state index is 0.0628. The number of carbonyl (C=O) groups excluding carboxylic acids is 2. The lowest BCUT2D eigenvalue weighted by molar-refractivity contribution is -0.132. The molecule has 1 fully saturated rings. The molecule has 0 N–H and O–H groups in total. The zero-order chi connectivity index (χ0) is 18.8. The van der Waals surface area contributed by atoms with Crippen molar-refractivity contribution in [3.05, 3.63) is 65.5 Å². The molecule has 0 aliphatic carbocycles. The van der Waals surface area contributed by atoms with Crippen molar-refractivity contribution < 1.29 is 18.7 Å². The Hall–Kier alpha value is -2.89. The number of hydrogen-bond acceptors (Lipinski definition) is 3. The maximum atomic E-state index is 13.8. The summed E-state index contributed by atoms with van der Waals surface area (Å²) in [6.45, 7) is 1.17. The van der Waals surface area contributed by atoms with Crippen LogP contribution >= 0.6 is 0 Å². The van der Waals surface area contributed by atoms with E-state index in [4.69, 9.17) is 4.74 Å². The molecule has 1 unspecified atom stereocenters. The zero-order valence-electron chi connectivity index (χ0n) is 14.9. The highest BCUT2D eigenvalue weighted by molar-refractivity contribution is 5.91. The Kier molecular flexibility index (Phi) is 4.79. The van der Waals surface area contributed by atoms with Crippen LogP contribution in [0, 0.1) is 5.82 Å². The van der Waals surface area contributed by atoms with E-state index in [1.807, 2.05) is 30.3 Å². The van der Waals surface area contributed by atoms with Crippen LogP contribution in [-0.2, 0) is 22.5 Å². The number of amides is 2. The first-order valence-corrected chi connectivity index (χ1v) is 9.18. The predicted molar refractivity (Wildman–Crippen MR) is 98.8 cm³/mol. The zero-order valence-corrected chi connectivity index (χ0v) is 14.9. The van der Waals surface area contributed by atoms with Gasteiger partial charge in [0.1, 0.15) is 12.4 Å². The molecule has 0 aromatic heterocycles. The Balaban J connectivity index is 1.55. The molecule has 27 heavy (non-hydrogen) atoms. The molecule has 140 valence electrons. The van der Waals surface area contributed by atoms with E-state index in [1.165, 1.54) is 17.0 Å². The topological polar surface area (TPSA) is 49.9 Å². The molecule has 1 saturated heterocycles. The largest absolute Gasteiger partial charge is 0.447 e. The molecule has 2 aromatic rings. The van der Waals surface area contributed by atoms with Gasteiger partial charge in [0.2, 0.25) is 5.91 Å². The summed E-state index contributed by atoms with van der Waals surface area (Å²) in [7, 11) is 0. The fraction of sp³-hybridized carbons (Fsp3) is 0.333. The Bertz CT molecular complexity index is 856. The molecule has 6 heteroatoms. The number of carbonyl (C=O) groups is 2. The summed E-state index contributed by atoms with van der Waals surface area (Å²) in [5.74, 6) is -0.345. The van der Waals surface area contributed by atoms with Crippen LogP contribution < -0.4 is 4.90 Å². The Labute approximate surface area is 157 Å². The van der Waals surface area contributed by atoms with Crippen molar-refractivity contribution in [1.29, 1.82) is 0 Å². The van der Waals surface area contributed by atoms with Crippen LogP contribution in [0.3, 0.4) is 0 Å².